The third-order valence-corrected chi connectivity index (χ3v) is 5.57. The van der Waals surface area contributed by atoms with Crippen LogP contribution >= 0.6 is 0 Å². The maximum absolute atomic E-state index is 12.6. The molecule has 2 aromatic heterocycles. The molecule has 3 heterocycles. The van der Waals surface area contributed by atoms with E-state index in [1.165, 1.54) is 0 Å². The van der Waals surface area contributed by atoms with E-state index in [1.807, 2.05) is 30.4 Å². The van der Waals surface area contributed by atoms with Gasteiger partial charge in [0.1, 0.15) is 17.1 Å². The minimum absolute atomic E-state index is 0.224. The van der Waals surface area contributed by atoms with E-state index in [2.05, 4.69) is 18.1 Å². The molecule has 0 aromatic carbocycles. The number of fused-ring (bicyclic) bond motifs is 2. The van der Waals surface area contributed by atoms with Gasteiger partial charge in [0.15, 0.2) is 0 Å². The van der Waals surface area contributed by atoms with Crippen molar-refractivity contribution < 1.29 is 9.15 Å². The molecule has 1 fully saturated rings. The summed E-state index contributed by atoms with van der Waals surface area (Å²) in [5, 5.41) is 0. The Morgan fingerprint density at radius 2 is 2.24 bits per heavy atom. The number of ether oxygens (including phenoxy) is 1. The van der Waals surface area contributed by atoms with Crippen LogP contribution in [0.2, 0.25) is 0 Å². The highest BCUT2D eigenvalue weighted by Gasteiger charge is 2.47. The van der Waals surface area contributed by atoms with Gasteiger partial charge in [-0.05, 0) is 49.8 Å². The Morgan fingerprint density at radius 1 is 1.36 bits per heavy atom. The van der Waals surface area contributed by atoms with Crippen LogP contribution in [-0.4, -0.2) is 10.6 Å². The van der Waals surface area contributed by atoms with Gasteiger partial charge in [-0.3, -0.25) is 4.98 Å². The van der Waals surface area contributed by atoms with Crippen LogP contribution in [0.25, 0.3) is 11.3 Å². The molecule has 0 bridgehead atoms. The standard InChI is InChI=1S/C21H21NO3/c1-3-14-7-8-21(4-2)16(10-14)11-17-19(25-21)12-18(24-20(17)23)15-6-5-9-22-13-15/h3-6,9,12-14,16H,1-2,7-8,10-11H2/t14-,16?,21-/m0/s1. The first-order valence-corrected chi connectivity index (χ1v) is 8.68. The molecule has 1 aliphatic heterocycles. The lowest BCUT2D eigenvalue weighted by Crippen LogP contribution is -2.50. The minimum Gasteiger partial charge on any atom is -0.482 e. The zero-order valence-corrected chi connectivity index (χ0v) is 14.1. The highest BCUT2D eigenvalue weighted by molar-refractivity contribution is 5.58. The molecule has 1 unspecified atom stereocenters. The van der Waals surface area contributed by atoms with Crippen LogP contribution in [0, 0.1) is 11.8 Å². The van der Waals surface area contributed by atoms with Crippen LogP contribution in [0.15, 0.2) is 65.1 Å². The summed E-state index contributed by atoms with van der Waals surface area (Å²) in [6, 6.07) is 5.49. The molecular formula is C21H21NO3. The van der Waals surface area contributed by atoms with E-state index in [1.54, 1.807) is 12.4 Å². The molecule has 0 amide bonds. The molecule has 128 valence electrons. The van der Waals surface area contributed by atoms with Crippen molar-refractivity contribution in [2.24, 2.45) is 11.8 Å². The summed E-state index contributed by atoms with van der Waals surface area (Å²) in [6.45, 7) is 7.95. The van der Waals surface area contributed by atoms with Crippen LogP contribution in [0.1, 0.15) is 24.8 Å². The molecule has 2 aliphatic rings. The first-order valence-electron chi connectivity index (χ1n) is 8.68. The van der Waals surface area contributed by atoms with Crippen LogP contribution < -0.4 is 10.4 Å². The van der Waals surface area contributed by atoms with Gasteiger partial charge >= 0.3 is 5.63 Å². The summed E-state index contributed by atoms with van der Waals surface area (Å²) < 4.78 is 11.9. The summed E-state index contributed by atoms with van der Waals surface area (Å²) in [7, 11) is 0. The molecule has 4 nitrogen and oxygen atoms in total. The maximum atomic E-state index is 12.6. The van der Waals surface area contributed by atoms with Crippen molar-refractivity contribution in [2.45, 2.75) is 31.3 Å². The highest BCUT2D eigenvalue weighted by atomic mass is 16.5. The average Bonchev–Trinajstić information content (AvgIpc) is 2.66. The van der Waals surface area contributed by atoms with Gasteiger partial charge in [0, 0.05) is 29.9 Å². The Kier molecular flexibility index (Phi) is 3.83. The number of pyridine rings is 1. The predicted molar refractivity (Wildman–Crippen MR) is 96.5 cm³/mol. The Labute approximate surface area is 146 Å². The summed E-state index contributed by atoms with van der Waals surface area (Å²) in [6.07, 6.45) is 10.8. The summed E-state index contributed by atoms with van der Waals surface area (Å²) in [5.41, 5.74) is 0.651. The first kappa shape index (κ1) is 15.9. The quantitative estimate of drug-likeness (QED) is 0.790. The molecule has 0 spiro atoms. The second-order valence-electron chi connectivity index (χ2n) is 6.91. The topological polar surface area (TPSA) is 52.3 Å². The van der Waals surface area contributed by atoms with E-state index < -0.39 is 5.60 Å². The number of aromatic nitrogens is 1. The molecule has 25 heavy (non-hydrogen) atoms. The second-order valence-corrected chi connectivity index (χ2v) is 6.91. The van der Waals surface area contributed by atoms with Crippen LogP contribution in [0.3, 0.4) is 0 Å². The molecule has 2 aromatic rings. The fourth-order valence-corrected chi connectivity index (χ4v) is 4.09. The van der Waals surface area contributed by atoms with Crippen LogP contribution in [0.4, 0.5) is 0 Å². The van der Waals surface area contributed by atoms with Gasteiger partial charge in [0.05, 0.1) is 5.56 Å². The zero-order chi connectivity index (χ0) is 17.4. The molecule has 0 saturated heterocycles. The zero-order valence-electron chi connectivity index (χ0n) is 14.1. The fraction of sp³-hybridized carbons (Fsp3) is 0.333. The minimum atomic E-state index is -0.410. The van der Waals surface area contributed by atoms with E-state index in [9.17, 15) is 4.79 Å². The van der Waals surface area contributed by atoms with E-state index in [0.29, 0.717) is 29.4 Å². The van der Waals surface area contributed by atoms with Crippen molar-refractivity contribution in [1.29, 1.82) is 0 Å². The monoisotopic (exact) mass is 335 g/mol. The lowest BCUT2D eigenvalue weighted by atomic mass is 9.67. The van der Waals surface area contributed by atoms with E-state index in [0.717, 1.165) is 24.8 Å². The third kappa shape index (κ3) is 2.62. The van der Waals surface area contributed by atoms with Crippen molar-refractivity contribution in [3.05, 3.63) is 71.9 Å². The Hall–Kier alpha value is -2.62. The first-order chi connectivity index (χ1) is 12.1. The molecule has 4 heteroatoms. The number of hydrogen-bond donors (Lipinski definition) is 0. The van der Waals surface area contributed by atoms with Crippen LogP contribution in [0.5, 0.6) is 5.75 Å². The third-order valence-electron chi connectivity index (χ3n) is 5.57. The molecule has 0 radical (unpaired) electrons. The lowest BCUT2D eigenvalue weighted by molar-refractivity contribution is -0.00721. The maximum Gasteiger partial charge on any atom is 0.343 e. The largest absolute Gasteiger partial charge is 0.482 e. The molecule has 0 N–H and O–H groups in total. The summed E-state index contributed by atoms with van der Waals surface area (Å²) in [5.74, 6) is 1.78. The van der Waals surface area contributed by atoms with E-state index in [-0.39, 0.29) is 11.5 Å². The van der Waals surface area contributed by atoms with Crippen molar-refractivity contribution in [3.8, 4) is 17.1 Å². The molecule has 3 atom stereocenters. The number of allylic oxidation sites excluding steroid dienone is 1. The molecule has 4 rings (SSSR count). The van der Waals surface area contributed by atoms with Gasteiger partial charge in [-0.2, -0.15) is 0 Å². The van der Waals surface area contributed by atoms with Crippen LogP contribution in [-0.2, 0) is 6.42 Å². The number of hydrogen-bond acceptors (Lipinski definition) is 4. The number of nitrogens with zero attached hydrogens (tertiary/aromatic N) is 1. The normalized spacial score (nSPS) is 27.5. The summed E-state index contributed by atoms with van der Waals surface area (Å²) in [4.78, 5) is 16.7. The van der Waals surface area contributed by atoms with Crippen molar-refractivity contribution >= 4 is 0 Å². The average molecular weight is 335 g/mol. The van der Waals surface area contributed by atoms with Gasteiger partial charge in [0.25, 0.3) is 0 Å². The Bertz CT molecular complexity index is 870. The molecule has 1 saturated carbocycles. The second kappa shape index (κ2) is 6.03. The Balaban J connectivity index is 1.77. The van der Waals surface area contributed by atoms with Crippen molar-refractivity contribution in [3.63, 3.8) is 0 Å². The van der Waals surface area contributed by atoms with Gasteiger partial charge in [0.2, 0.25) is 0 Å². The lowest BCUT2D eigenvalue weighted by Gasteiger charge is -2.47. The van der Waals surface area contributed by atoms with Crippen molar-refractivity contribution in [1.82, 2.24) is 4.98 Å². The molecular weight excluding hydrogens is 314 g/mol. The molecule has 1 aliphatic carbocycles. The van der Waals surface area contributed by atoms with Gasteiger partial charge in [-0.1, -0.05) is 12.7 Å². The highest BCUT2D eigenvalue weighted by Crippen LogP contribution is 2.47. The number of rotatable bonds is 3. The van der Waals surface area contributed by atoms with Gasteiger partial charge in [-0.25, -0.2) is 4.79 Å². The fourth-order valence-electron chi connectivity index (χ4n) is 4.09. The smallest absolute Gasteiger partial charge is 0.343 e. The Morgan fingerprint density at radius 3 is 2.96 bits per heavy atom. The summed E-state index contributed by atoms with van der Waals surface area (Å²) >= 11 is 0. The van der Waals surface area contributed by atoms with Gasteiger partial charge in [-0.15, -0.1) is 6.58 Å². The van der Waals surface area contributed by atoms with E-state index in [4.69, 9.17) is 9.15 Å². The van der Waals surface area contributed by atoms with Crippen molar-refractivity contribution in [2.75, 3.05) is 0 Å². The van der Waals surface area contributed by atoms with E-state index >= 15 is 0 Å². The predicted octanol–water partition coefficient (Wildman–Crippen LogP) is 4.16. The SMILES string of the molecule is C=C[C@H]1CC[C@]2(C=C)Oc3cc(-c4cccnc4)oc(=O)c3CC2C1. The van der Waals surface area contributed by atoms with Gasteiger partial charge < -0.3 is 9.15 Å².